The van der Waals surface area contributed by atoms with Crippen LogP contribution in [0.25, 0.3) is 0 Å². The third-order valence-corrected chi connectivity index (χ3v) is 9.46. The van der Waals surface area contributed by atoms with Crippen LogP contribution in [0.2, 0.25) is 5.02 Å². The maximum atomic E-state index is 13.6. The zero-order chi connectivity index (χ0) is 25.7. The Labute approximate surface area is 204 Å². The summed E-state index contributed by atoms with van der Waals surface area (Å²) < 4.78 is 72.3. The smallest absolute Gasteiger partial charge is 0.302 e. The van der Waals surface area contributed by atoms with Crippen LogP contribution in [-0.4, -0.2) is 42.9 Å². The molecule has 2 bridgehead atoms. The van der Waals surface area contributed by atoms with Gasteiger partial charge in [0.05, 0.1) is 15.2 Å². The molecule has 0 aromatic heterocycles. The second-order valence-electron chi connectivity index (χ2n) is 8.89. The third kappa shape index (κ3) is 4.64. The molecule has 0 saturated heterocycles. The first-order valence-corrected chi connectivity index (χ1v) is 12.6. The lowest BCUT2D eigenvalue weighted by molar-refractivity contribution is -0.152. The quantitative estimate of drug-likeness (QED) is 0.432. The minimum Gasteiger partial charge on any atom is -0.463 e. The number of rotatable bonds is 6. The van der Waals surface area contributed by atoms with E-state index in [4.69, 9.17) is 16.3 Å². The molecule has 0 spiro atoms. The maximum absolute atomic E-state index is 13.6. The van der Waals surface area contributed by atoms with Crippen molar-refractivity contribution in [2.75, 3.05) is 11.9 Å². The molecule has 2 fully saturated rings. The Morgan fingerprint density at radius 2 is 1.83 bits per heavy atom. The molecule has 2 N–H and O–H groups in total. The van der Waals surface area contributed by atoms with Gasteiger partial charge in [0, 0.05) is 36.2 Å². The number of hydrogen-bond donors (Lipinski definition) is 2. The van der Waals surface area contributed by atoms with Crippen LogP contribution in [0, 0.1) is 29.3 Å². The Morgan fingerprint density at radius 1 is 1.17 bits per heavy atom. The number of carbonyl (C=O) groups is 2. The van der Waals surface area contributed by atoms with Crippen LogP contribution in [-0.2, 0) is 19.4 Å². The highest BCUT2D eigenvalue weighted by atomic mass is 35.5. The summed E-state index contributed by atoms with van der Waals surface area (Å²) >= 11 is 6.19. The summed E-state index contributed by atoms with van der Waals surface area (Å²) in [6.45, 7) is 0.867. The summed E-state index contributed by atoms with van der Waals surface area (Å²) in [6, 6.07) is 4.66. The fraction of sp³-hybridized carbons (Fsp3) is 0.391. The highest BCUT2D eigenvalue weighted by Gasteiger charge is 2.61. The van der Waals surface area contributed by atoms with Crippen molar-refractivity contribution in [3.8, 4) is 0 Å². The molecule has 0 heterocycles. The first-order chi connectivity index (χ1) is 16.3. The van der Waals surface area contributed by atoms with E-state index in [1.807, 2.05) is 0 Å². The number of esters is 1. The molecule has 12 heteroatoms. The van der Waals surface area contributed by atoms with Crippen LogP contribution in [0.5, 0.6) is 0 Å². The van der Waals surface area contributed by atoms with Crippen LogP contribution >= 0.6 is 11.6 Å². The van der Waals surface area contributed by atoms with Crippen LogP contribution in [0.3, 0.4) is 0 Å². The van der Waals surface area contributed by atoms with Gasteiger partial charge < -0.3 is 15.2 Å². The van der Waals surface area contributed by atoms with Crippen LogP contribution in [0.15, 0.2) is 35.2 Å². The van der Waals surface area contributed by atoms with E-state index in [-0.39, 0.29) is 34.2 Å². The molecule has 7 nitrogen and oxygen atoms in total. The van der Waals surface area contributed by atoms with Gasteiger partial charge in [-0.05, 0) is 43.4 Å². The largest absolute Gasteiger partial charge is 0.463 e. The SMILES string of the molecule is CC(=O)OC[C@@]1(O)CC2CCC1[C@@H]2S(=O)(=O)c1cc(C(=O)Nc2cc(F)c(F)c(F)c2)ccc1Cl. The standard InChI is InChI=1S/C23H21ClF3NO6S/c1-11(29)34-10-23(31)9-13-2-4-15(23)21(13)35(32,33)19-6-12(3-5-16(19)24)22(30)28-14-7-17(25)20(27)18(26)8-14/h3,5-8,13,15,21,31H,2,4,9-10H2,1H3,(H,28,30)/t13?,15?,21-,23+/m1/s1. The molecule has 2 aromatic carbocycles. The summed E-state index contributed by atoms with van der Waals surface area (Å²) in [5, 5.41) is 12.1. The average Bonchev–Trinajstić information content (AvgIpc) is 3.33. The van der Waals surface area contributed by atoms with Gasteiger partial charge in [0.2, 0.25) is 0 Å². The summed E-state index contributed by atoms with van der Waals surface area (Å²) in [5.41, 5.74) is -2.03. The monoisotopic (exact) mass is 531 g/mol. The number of carbonyl (C=O) groups excluding carboxylic acids is 2. The maximum Gasteiger partial charge on any atom is 0.302 e. The minimum absolute atomic E-state index is 0.133. The molecule has 188 valence electrons. The molecule has 2 aliphatic rings. The van der Waals surface area contributed by atoms with E-state index in [1.54, 1.807) is 0 Å². The predicted octanol–water partition coefficient (Wildman–Crippen LogP) is 3.88. The highest BCUT2D eigenvalue weighted by molar-refractivity contribution is 7.92. The molecule has 2 saturated carbocycles. The average molecular weight is 532 g/mol. The first-order valence-electron chi connectivity index (χ1n) is 10.7. The van der Waals surface area contributed by atoms with Gasteiger partial charge in [-0.1, -0.05) is 11.6 Å². The lowest BCUT2D eigenvalue weighted by Gasteiger charge is -2.32. The lowest BCUT2D eigenvalue weighted by Crippen LogP contribution is -2.43. The van der Waals surface area contributed by atoms with E-state index in [1.165, 1.54) is 19.1 Å². The van der Waals surface area contributed by atoms with Crippen molar-refractivity contribution < 1.29 is 41.0 Å². The topological polar surface area (TPSA) is 110 Å². The van der Waals surface area contributed by atoms with E-state index < -0.39 is 61.9 Å². The second-order valence-corrected chi connectivity index (χ2v) is 11.4. The zero-order valence-electron chi connectivity index (χ0n) is 18.4. The van der Waals surface area contributed by atoms with Crippen molar-refractivity contribution in [1.29, 1.82) is 0 Å². The van der Waals surface area contributed by atoms with Gasteiger partial charge in [-0.2, -0.15) is 0 Å². The molecular weight excluding hydrogens is 511 g/mol. The fourth-order valence-electron chi connectivity index (χ4n) is 5.15. The van der Waals surface area contributed by atoms with Crippen molar-refractivity contribution in [3.05, 3.63) is 58.4 Å². The van der Waals surface area contributed by atoms with Crippen molar-refractivity contribution >= 4 is 39.0 Å². The van der Waals surface area contributed by atoms with Crippen LogP contribution in [0.1, 0.15) is 36.5 Å². The fourth-order valence-corrected chi connectivity index (χ4v) is 8.08. The first kappa shape index (κ1) is 25.5. The number of halogens is 4. The molecule has 35 heavy (non-hydrogen) atoms. The van der Waals surface area contributed by atoms with Crippen molar-refractivity contribution in [1.82, 2.24) is 0 Å². The van der Waals surface area contributed by atoms with Crippen molar-refractivity contribution in [3.63, 3.8) is 0 Å². The normalized spacial score (nSPS) is 25.5. The predicted molar refractivity (Wildman–Crippen MR) is 119 cm³/mol. The van der Waals surface area contributed by atoms with E-state index in [2.05, 4.69) is 5.32 Å². The number of amides is 1. The Balaban J connectivity index is 1.62. The molecule has 1 amide bonds. The van der Waals surface area contributed by atoms with E-state index >= 15 is 0 Å². The number of ether oxygens (including phenoxy) is 1. The van der Waals surface area contributed by atoms with Gasteiger partial charge in [-0.25, -0.2) is 21.6 Å². The molecule has 2 unspecified atom stereocenters. The summed E-state index contributed by atoms with van der Waals surface area (Å²) in [6.07, 6.45) is 1.09. The Morgan fingerprint density at radius 3 is 2.46 bits per heavy atom. The summed E-state index contributed by atoms with van der Waals surface area (Å²) in [4.78, 5) is 23.5. The zero-order valence-corrected chi connectivity index (χ0v) is 19.9. The molecule has 2 aliphatic carbocycles. The number of aliphatic hydroxyl groups is 1. The van der Waals surface area contributed by atoms with E-state index in [9.17, 15) is 36.3 Å². The number of sulfone groups is 1. The number of anilines is 1. The van der Waals surface area contributed by atoms with E-state index in [0.29, 0.717) is 25.0 Å². The second kappa shape index (κ2) is 9.11. The van der Waals surface area contributed by atoms with Crippen molar-refractivity contribution in [2.24, 2.45) is 11.8 Å². The number of fused-ring (bicyclic) bond motifs is 2. The van der Waals surface area contributed by atoms with Gasteiger partial charge in [-0.3, -0.25) is 9.59 Å². The Hall–Kier alpha value is -2.63. The number of hydrogen-bond acceptors (Lipinski definition) is 6. The van der Waals surface area contributed by atoms with Gasteiger partial charge in [0.25, 0.3) is 5.91 Å². The van der Waals surface area contributed by atoms with Gasteiger partial charge in [0.1, 0.15) is 12.2 Å². The molecule has 4 atom stereocenters. The third-order valence-electron chi connectivity index (χ3n) is 6.64. The molecular formula is C23H21ClF3NO6S. The van der Waals surface area contributed by atoms with Crippen LogP contribution in [0.4, 0.5) is 18.9 Å². The molecule has 0 radical (unpaired) electrons. The van der Waals surface area contributed by atoms with Crippen molar-refractivity contribution in [2.45, 2.75) is 41.9 Å². The molecule has 2 aromatic rings. The van der Waals surface area contributed by atoms with E-state index in [0.717, 1.165) is 6.07 Å². The van der Waals surface area contributed by atoms with Gasteiger partial charge in [-0.15, -0.1) is 0 Å². The van der Waals surface area contributed by atoms with Crippen LogP contribution < -0.4 is 5.32 Å². The summed E-state index contributed by atoms with van der Waals surface area (Å²) in [5.74, 6) is -7.29. The molecule has 0 aliphatic heterocycles. The number of benzene rings is 2. The Kier molecular flexibility index (Phi) is 6.62. The Bertz CT molecular complexity index is 1300. The van der Waals surface area contributed by atoms with Gasteiger partial charge in [0.15, 0.2) is 27.3 Å². The van der Waals surface area contributed by atoms with Gasteiger partial charge >= 0.3 is 5.97 Å². The number of nitrogens with one attached hydrogen (secondary N) is 1. The lowest BCUT2D eigenvalue weighted by atomic mass is 9.85. The summed E-state index contributed by atoms with van der Waals surface area (Å²) in [7, 11) is -4.14. The highest BCUT2D eigenvalue weighted by Crippen LogP contribution is 2.55. The molecule has 4 rings (SSSR count). The minimum atomic E-state index is -4.14.